The number of carbonyl (C=O) groups is 2. The summed E-state index contributed by atoms with van der Waals surface area (Å²) in [7, 11) is 0. The fourth-order valence-corrected chi connectivity index (χ4v) is 2.21. The van der Waals surface area contributed by atoms with Crippen LogP contribution in [-0.4, -0.2) is 42.0 Å². The Kier molecular flexibility index (Phi) is 5.61. The number of nitrogens with zero attached hydrogens (tertiary/aromatic N) is 2. The molecule has 0 radical (unpaired) electrons. The molecule has 106 valence electrons. The molecule has 0 aromatic heterocycles. The number of urea groups is 1. The van der Waals surface area contributed by atoms with Gasteiger partial charge in [-0.05, 0) is 25.7 Å². The second-order valence-electron chi connectivity index (χ2n) is 5.04. The number of nitrogens with one attached hydrogen (secondary N) is 2. The molecule has 1 aliphatic heterocycles. The molecule has 2 atom stereocenters. The van der Waals surface area contributed by atoms with Crippen molar-refractivity contribution < 1.29 is 9.59 Å². The molecule has 6 heteroatoms. The van der Waals surface area contributed by atoms with E-state index in [1.54, 1.807) is 4.90 Å². The Bertz CT molecular complexity index is 375. The van der Waals surface area contributed by atoms with Gasteiger partial charge < -0.3 is 15.5 Å². The second kappa shape index (κ2) is 6.98. The van der Waals surface area contributed by atoms with Crippen LogP contribution >= 0.6 is 0 Å². The average molecular weight is 266 g/mol. The number of hydrogen-bond donors (Lipinski definition) is 2. The lowest BCUT2D eigenvalue weighted by Crippen LogP contribution is -2.54. The summed E-state index contributed by atoms with van der Waals surface area (Å²) >= 11 is 0. The Hall–Kier alpha value is -1.77. The summed E-state index contributed by atoms with van der Waals surface area (Å²) in [5.41, 5.74) is 0. The van der Waals surface area contributed by atoms with Gasteiger partial charge in [0.25, 0.3) is 0 Å². The molecule has 1 rings (SSSR count). The van der Waals surface area contributed by atoms with Crippen LogP contribution in [-0.2, 0) is 4.79 Å². The Balaban J connectivity index is 2.73. The van der Waals surface area contributed by atoms with Crippen molar-refractivity contribution >= 4 is 11.9 Å². The third-order valence-electron chi connectivity index (χ3n) is 3.24. The summed E-state index contributed by atoms with van der Waals surface area (Å²) in [6.07, 6.45) is 1.56. The Morgan fingerprint density at radius 1 is 1.47 bits per heavy atom. The monoisotopic (exact) mass is 266 g/mol. The van der Waals surface area contributed by atoms with Crippen LogP contribution in [0, 0.1) is 17.2 Å². The first kappa shape index (κ1) is 15.3. The van der Waals surface area contributed by atoms with Gasteiger partial charge >= 0.3 is 6.03 Å². The molecule has 6 nitrogen and oxygen atoms in total. The SMILES string of the molecule is CCNC(=O)N[C@H](C(=O)N1CCC[C@H]1C#N)C(C)C. The molecule has 2 N–H and O–H groups in total. The molecule has 0 unspecified atom stereocenters. The van der Waals surface area contributed by atoms with E-state index in [1.807, 2.05) is 20.8 Å². The number of likely N-dealkylation sites (tertiary alicyclic amines) is 1. The second-order valence-corrected chi connectivity index (χ2v) is 5.04. The summed E-state index contributed by atoms with van der Waals surface area (Å²) in [6.45, 7) is 6.68. The van der Waals surface area contributed by atoms with Crippen LogP contribution in [0.5, 0.6) is 0 Å². The summed E-state index contributed by atoms with van der Waals surface area (Å²) in [4.78, 5) is 25.6. The predicted octanol–water partition coefficient (Wildman–Crippen LogP) is 0.845. The van der Waals surface area contributed by atoms with Crippen LogP contribution in [0.15, 0.2) is 0 Å². The highest BCUT2D eigenvalue weighted by Gasteiger charge is 2.35. The Labute approximate surface area is 114 Å². The average Bonchev–Trinajstić information content (AvgIpc) is 2.83. The van der Waals surface area contributed by atoms with E-state index in [0.29, 0.717) is 19.5 Å². The quantitative estimate of drug-likeness (QED) is 0.791. The molecule has 0 bridgehead atoms. The third kappa shape index (κ3) is 3.85. The van der Waals surface area contributed by atoms with E-state index in [-0.39, 0.29) is 23.9 Å². The number of rotatable bonds is 4. The molecular formula is C13H22N4O2. The zero-order valence-electron chi connectivity index (χ0n) is 11.8. The highest BCUT2D eigenvalue weighted by molar-refractivity contribution is 5.87. The molecule has 0 aromatic rings. The van der Waals surface area contributed by atoms with Crippen molar-refractivity contribution in [2.45, 2.75) is 45.7 Å². The lowest BCUT2D eigenvalue weighted by atomic mass is 10.0. The van der Waals surface area contributed by atoms with Gasteiger partial charge in [0.1, 0.15) is 12.1 Å². The van der Waals surface area contributed by atoms with Gasteiger partial charge in [-0.1, -0.05) is 13.8 Å². The van der Waals surface area contributed by atoms with Crippen LogP contribution < -0.4 is 10.6 Å². The van der Waals surface area contributed by atoms with Gasteiger partial charge in [0.15, 0.2) is 0 Å². The fraction of sp³-hybridized carbons (Fsp3) is 0.769. The zero-order chi connectivity index (χ0) is 14.4. The minimum absolute atomic E-state index is 0.0185. The molecule has 1 saturated heterocycles. The van der Waals surface area contributed by atoms with Gasteiger partial charge in [0.05, 0.1) is 6.07 Å². The maximum absolute atomic E-state index is 12.4. The molecule has 0 aromatic carbocycles. The number of nitriles is 1. The third-order valence-corrected chi connectivity index (χ3v) is 3.24. The van der Waals surface area contributed by atoms with Gasteiger partial charge in [0.2, 0.25) is 5.91 Å². The molecule has 3 amide bonds. The van der Waals surface area contributed by atoms with Gasteiger partial charge in [0, 0.05) is 13.1 Å². The van der Waals surface area contributed by atoms with Crippen molar-refractivity contribution in [2.75, 3.05) is 13.1 Å². The largest absolute Gasteiger partial charge is 0.338 e. The minimum atomic E-state index is -0.583. The van der Waals surface area contributed by atoms with Gasteiger partial charge in [-0.3, -0.25) is 4.79 Å². The van der Waals surface area contributed by atoms with Gasteiger partial charge in [-0.2, -0.15) is 5.26 Å². The van der Waals surface area contributed by atoms with Crippen LogP contribution in [0.4, 0.5) is 4.79 Å². The first-order valence-corrected chi connectivity index (χ1v) is 6.75. The normalized spacial score (nSPS) is 19.9. The number of hydrogen-bond acceptors (Lipinski definition) is 3. The summed E-state index contributed by atoms with van der Waals surface area (Å²) in [6, 6.07) is 0.859. The highest BCUT2D eigenvalue weighted by atomic mass is 16.2. The zero-order valence-corrected chi connectivity index (χ0v) is 11.8. The van der Waals surface area contributed by atoms with E-state index in [0.717, 1.165) is 6.42 Å². The van der Waals surface area contributed by atoms with E-state index in [1.165, 1.54) is 0 Å². The minimum Gasteiger partial charge on any atom is -0.338 e. The molecule has 1 aliphatic rings. The topological polar surface area (TPSA) is 85.2 Å². The van der Waals surface area contributed by atoms with E-state index in [4.69, 9.17) is 5.26 Å². The van der Waals surface area contributed by atoms with Crippen LogP contribution in [0.3, 0.4) is 0 Å². The summed E-state index contributed by atoms with van der Waals surface area (Å²) in [5, 5.41) is 14.3. The predicted molar refractivity (Wildman–Crippen MR) is 71.2 cm³/mol. The molecule has 19 heavy (non-hydrogen) atoms. The van der Waals surface area contributed by atoms with E-state index < -0.39 is 6.04 Å². The van der Waals surface area contributed by atoms with Crippen molar-refractivity contribution in [2.24, 2.45) is 5.92 Å². The maximum Gasteiger partial charge on any atom is 0.315 e. The molecule has 0 spiro atoms. The van der Waals surface area contributed by atoms with Crippen LogP contribution in [0.1, 0.15) is 33.6 Å². The Morgan fingerprint density at radius 2 is 2.16 bits per heavy atom. The van der Waals surface area contributed by atoms with Gasteiger partial charge in [-0.15, -0.1) is 0 Å². The number of carbonyl (C=O) groups excluding carboxylic acids is 2. The molecule has 1 fully saturated rings. The first-order valence-electron chi connectivity index (χ1n) is 6.75. The lowest BCUT2D eigenvalue weighted by Gasteiger charge is -2.28. The van der Waals surface area contributed by atoms with E-state index in [9.17, 15) is 9.59 Å². The van der Waals surface area contributed by atoms with Crippen molar-refractivity contribution in [3.63, 3.8) is 0 Å². The maximum atomic E-state index is 12.4. The summed E-state index contributed by atoms with van der Waals surface area (Å²) in [5.74, 6) is -0.180. The molecular weight excluding hydrogens is 244 g/mol. The standard InChI is InChI=1S/C13H22N4O2/c1-4-15-13(19)16-11(9(2)3)12(18)17-7-5-6-10(17)8-14/h9-11H,4-7H2,1-3H3,(H2,15,16,19)/t10-,11-/m0/s1. The highest BCUT2D eigenvalue weighted by Crippen LogP contribution is 2.19. The number of amides is 3. The molecule has 1 heterocycles. The molecule has 0 saturated carbocycles. The van der Waals surface area contributed by atoms with E-state index in [2.05, 4.69) is 16.7 Å². The first-order chi connectivity index (χ1) is 9.01. The van der Waals surface area contributed by atoms with Crippen molar-refractivity contribution in [3.05, 3.63) is 0 Å². The van der Waals surface area contributed by atoms with Crippen molar-refractivity contribution in [1.29, 1.82) is 5.26 Å². The van der Waals surface area contributed by atoms with Crippen molar-refractivity contribution in [1.82, 2.24) is 15.5 Å². The van der Waals surface area contributed by atoms with E-state index >= 15 is 0 Å². The molecule has 0 aliphatic carbocycles. The Morgan fingerprint density at radius 3 is 2.68 bits per heavy atom. The smallest absolute Gasteiger partial charge is 0.315 e. The van der Waals surface area contributed by atoms with Crippen molar-refractivity contribution in [3.8, 4) is 6.07 Å². The van der Waals surface area contributed by atoms with Gasteiger partial charge in [-0.25, -0.2) is 4.79 Å². The fourth-order valence-electron chi connectivity index (χ4n) is 2.21. The lowest BCUT2D eigenvalue weighted by molar-refractivity contribution is -0.134. The van der Waals surface area contributed by atoms with Crippen LogP contribution in [0.2, 0.25) is 0 Å². The van der Waals surface area contributed by atoms with Crippen LogP contribution in [0.25, 0.3) is 0 Å². The summed E-state index contributed by atoms with van der Waals surface area (Å²) < 4.78 is 0.